The molecule has 1 heterocycles. The quantitative estimate of drug-likeness (QED) is 0.789. The van der Waals surface area contributed by atoms with Crippen molar-refractivity contribution in [3.05, 3.63) is 59.4 Å². The molecule has 1 aromatic carbocycles. The number of aromatic nitrogens is 1. The van der Waals surface area contributed by atoms with Crippen LogP contribution in [0.15, 0.2) is 42.5 Å². The van der Waals surface area contributed by atoms with Crippen molar-refractivity contribution in [1.29, 1.82) is 0 Å². The molecule has 0 aliphatic heterocycles. The van der Waals surface area contributed by atoms with Gasteiger partial charge in [-0.05, 0) is 17.7 Å². The molecular formula is C17H20N2O2. The Morgan fingerprint density at radius 1 is 1.00 bits per heavy atom. The maximum Gasteiger partial charge on any atom is 0.227 e. The molecule has 1 aromatic heterocycles. The van der Waals surface area contributed by atoms with Crippen LogP contribution in [0.5, 0.6) is 0 Å². The minimum atomic E-state index is 0.0262. The largest absolute Gasteiger partial charge is 0.348 e. The highest BCUT2D eigenvalue weighted by Gasteiger charge is 2.15. The van der Waals surface area contributed by atoms with Gasteiger partial charge in [-0.15, -0.1) is 0 Å². The van der Waals surface area contributed by atoms with Crippen molar-refractivity contribution < 1.29 is 9.59 Å². The van der Waals surface area contributed by atoms with E-state index in [0.29, 0.717) is 18.5 Å². The lowest BCUT2D eigenvalue weighted by molar-refractivity contribution is -0.128. The normalized spacial score (nSPS) is 10.4. The van der Waals surface area contributed by atoms with Gasteiger partial charge in [-0.1, -0.05) is 30.3 Å². The molecule has 0 bridgehead atoms. The Bertz CT molecular complexity index is 642. The Balaban J connectivity index is 2.12. The molecule has 2 aromatic rings. The topological polar surface area (TPSA) is 42.3 Å². The molecule has 1 amide bonds. The van der Waals surface area contributed by atoms with Gasteiger partial charge in [-0.3, -0.25) is 9.59 Å². The molecule has 110 valence electrons. The summed E-state index contributed by atoms with van der Waals surface area (Å²) in [7, 11) is 5.29. The van der Waals surface area contributed by atoms with Gasteiger partial charge in [0.1, 0.15) is 0 Å². The lowest BCUT2D eigenvalue weighted by atomic mass is 10.1. The molecular weight excluding hydrogens is 264 g/mol. The van der Waals surface area contributed by atoms with Crippen LogP contribution in [0.3, 0.4) is 0 Å². The second-order valence-corrected chi connectivity index (χ2v) is 5.32. The molecule has 0 saturated heterocycles. The van der Waals surface area contributed by atoms with Crippen LogP contribution >= 0.6 is 0 Å². The number of likely N-dealkylation sites (N-methyl/N-ethyl adjacent to an activating group) is 1. The van der Waals surface area contributed by atoms with Crippen molar-refractivity contribution in [3.8, 4) is 0 Å². The minimum absolute atomic E-state index is 0.0262. The molecule has 4 heteroatoms. The summed E-state index contributed by atoms with van der Waals surface area (Å²) in [5.74, 6) is 0.0884. The third kappa shape index (κ3) is 3.60. The third-order valence-corrected chi connectivity index (χ3v) is 3.55. The predicted molar refractivity (Wildman–Crippen MR) is 82.3 cm³/mol. The van der Waals surface area contributed by atoms with Gasteiger partial charge in [-0.2, -0.15) is 0 Å². The van der Waals surface area contributed by atoms with Gasteiger partial charge in [0, 0.05) is 33.3 Å². The van der Waals surface area contributed by atoms with Crippen molar-refractivity contribution >= 4 is 11.7 Å². The molecule has 0 spiro atoms. The van der Waals surface area contributed by atoms with Crippen LogP contribution in [0.25, 0.3) is 0 Å². The number of hydrogen-bond acceptors (Lipinski definition) is 2. The molecule has 4 nitrogen and oxygen atoms in total. The third-order valence-electron chi connectivity index (χ3n) is 3.55. The Hall–Kier alpha value is -2.36. The van der Waals surface area contributed by atoms with Crippen molar-refractivity contribution in [2.24, 2.45) is 7.05 Å². The average molecular weight is 284 g/mol. The maximum absolute atomic E-state index is 12.4. The first-order valence-electron chi connectivity index (χ1n) is 6.91. The summed E-state index contributed by atoms with van der Waals surface area (Å²) in [5, 5.41) is 0. The van der Waals surface area contributed by atoms with Crippen LogP contribution in [0, 0.1) is 0 Å². The lowest BCUT2D eigenvalue weighted by Gasteiger charge is -2.11. The Kier molecular flexibility index (Phi) is 4.58. The number of hydrogen-bond donors (Lipinski definition) is 0. The van der Waals surface area contributed by atoms with E-state index >= 15 is 0 Å². The van der Waals surface area contributed by atoms with E-state index in [1.807, 2.05) is 48.0 Å². The number of carbonyl (C=O) groups is 2. The van der Waals surface area contributed by atoms with Crippen LogP contribution in [0.1, 0.15) is 21.7 Å². The molecule has 0 unspecified atom stereocenters. The van der Waals surface area contributed by atoms with Crippen LogP contribution in [-0.4, -0.2) is 35.3 Å². The molecule has 2 rings (SSSR count). The summed E-state index contributed by atoms with van der Waals surface area (Å²) < 4.78 is 1.81. The summed E-state index contributed by atoms with van der Waals surface area (Å²) in [6, 6.07) is 13.3. The van der Waals surface area contributed by atoms with Crippen molar-refractivity contribution in [2.75, 3.05) is 14.1 Å². The van der Waals surface area contributed by atoms with E-state index in [2.05, 4.69) is 0 Å². The van der Waals surface area contributed by atoms with Gasteiger partial charge in [0.25, 0.3) is 0 Å². The first-order chi connectivity index (χ1) is 9.99. The first-order valence-corrected chi connectivity index (χ1v) is 6.91. The molecule has 0 atom stereocenters. The maximum atomic E-state index is 12.4. The van der Waals surface area contributed by atoms with E-state index in [1.54, 1.807) is 25.1 Å². The van der Waals surface area contributed by atoms with E-state index in [9.17, 15) is 9.59 Å². The number of rotatable bonds is 5. The van der Waals surface area contributed by atoms with Gasteiger partial charge in [-0.25, -0.2) is 0 Å². The van der Waals surface area contributed by atoms with Crippen LogP contribution < -0.4 is 0 Å². The van der Waals surface area contributed by atoms with Gasteiger partial charge in [0.15, 0.2) is 5.78 Å². The Labute approximate surface area is 125 Å². The predicted octanol–water partition coefficient (Wildman–Crippen LogP) is 2.08. The van der Waals surface area contributed by atoms with E-state index < -0.39 is 0 Å². The van der Waals surface area contributed by atoms with E-state index in [-0.39, 0.29) is 11.7 Å². The zero-order valence-electron chi connectivity index (χ0n) is 12.7. The van der Waals surface area contributed by atoms with Crippen molar-refractivity contribution in [3.63, 3.8) is 0 Å². The second kappa shape index (κ2) is 6.39. The fourth-order valence-electron chi connectivity index (χ4n) is 2.20. The summed E-state index contributed by atoms with van der Waals surface area (Å²) >= 11 is 0. The monoisotopic (exact) mass is 284 g/mol. The highest BCUT2D eigenvalue weighted by atomic mass is 16.2. The fraction of sp³-hybridized carbons (Fsp3) is 0.294. The van der Waals surface area contributed by atoms with E-state index in [0.717, 1.165) is 11.3 Å². The highest BCUT2D eigenvalue weighted by Crippen LogP contribution is 2.12. The molecule has 21 heavy (non-hydrogen) atoms. The number of nitrogens with zero attached hydrogens (tertiary/aromatic N) is 2. The standard InChI is InChI=1S/C17H20N2O2/c1-18(2)17(21)12-14-9-10-15(19(14)3)16(20)11-13-7-5-4-6-8-13/h4-10H,11-12H2,1-3H3. The molecule has 0 fully saturated rings. The Morgan fingerprint density at radius 3 is 2.29 bits per heavy atom. The second-order valence-electron chi connectivity index (χ2n) is 5.32. The van der Waals surface area contributed by atoms with Gasteiger partial charge >= 0.3 is 0 Å². The summed E-state index contributed by atoms with van der Waals surface area (Å²) in [5.41, 5.74) is 2.49. The van der Waals surface area contributed by atoms with Crippen LogP contribution in [0.4, 0.5) is 0 Å². The summed E-state index contributed by atoms with van der Waals surface area (Å²) in [6.45, 7) is 0. The number of Topliss-reactive ketones (excluding diaryl/α,β-unsaturated/α-hetero) is 1. The van der Waals surface area contributed by atoms with E-state index in [1.165, 1.54) is 0 Å². The zero-order valence-corrected chi connectivity index (χ0v) is 12.7. The number of benzene rings is 1. The zero-order chi connectivity index (χ0) is 15.4. The van der Waals surface area contributed by atoms with E-state index in [4.69, 9.17) is 0 Å². The molecule has 0 aliphatic carbocycles. The average Bonchev–Trinajstić information content (AvgIpc) is 2.81. The van der Waals surface area contributed by atoms with Crippen LogP contribution in [0.2, 0.25) is 0 Å². The molecule has 0 radical (unpaired) electrons. The van der Waals surface area contributed by atoms with Crippen molar-refractivity contribution in [2.45, 2.75) is 12.8 Å². The highest BCUT2D eigenvalue weighted by molar-refractivity contribution is 5.96. The number of ketones is 1. The van der Waals surface area contributed by atoms with Crippen LogP contribution in [-0.2, 0) is 24.7 Å². The number of carbonyl (C=O) groups excluding carboxylic acids is 2. The minimum Gasteiger partial charge on any atom is -0.348 e. The van der Waals surface area contributed by atoms with Crippen molar-refractivity contribution in [1.82, 2.24) is 9.47 Å². The molecule has 0 aliphatic rings. The van der Waals surface area contributed by atoms with Gasteiger partial charge in [0.2, 0.25) is 5.91 Å². The smallest absolute Gasteiger partial charge is 0.227 e. The number of amides is 1. The molecule has 0 N–H and O–H groups in total. The SMILES string of the molecule is CN(C)C(=O)Cc1ccc(C(=O)Cc2ccccc2)n1C. The summed E-state index contributed by atoms with van der Waals surface area (Å²) in [6.07, 6.45) is 0.682. The lowest BCUT2D eigenvalue weighted by Crippen LogP contribution is -2.24. The Morgan fingerprint density at radius 2 is 1.67 bits per heavy atom. The fourth-order valence-corrected chi connectivity index (χ4v) is 2.20. The van der Waals surface area contributed by atoms with Gasteiger partial charge in [0.05, 0.1) is 12.1 Å². The van der Waals surface area contributed by atoms with Gasteiger partial charge < -0.3 is 9.47 Å². The molecule has 0 saturated carbocycles. The first kappa shape index (κ1) is 15.0. The summed E-state index contributed by atoms with van der Waals surface area (Å²) in [4.78, 5) is 25.7.